The number of rotatable bonds is 7. The van der Waals surface area contributed by atoms with Crippen LogP contribution in [-0.2, 0) is 9.84 Å². The third-order valence-corrected chi connectivity index (χ3v) is 3.64. The molecular formula is C12H18FNO4S. The van der Waals surface area contributed by atoms with Crippen LogP contribution in [0.3, 0.4) is 0 Å². The van der Waals surface area contributed by atoms with E-state index in [0.29, 0.717) is 0 Å². The van der Waals surface area contributed by atoms with Gasteiger partial charge in [0.25, 0.3) is 0 Å². The summed E-state index contributed by atoms with van der Waals surface area (Å²) in [7, 11) is -3.16. The van der Waals surface area contributed by atoms with Crippen LogP contribution in [0.5, 0.6) is 5.75 Å². The number of aliphatic hydroxyl groups excluding tert-OH is 1. The van der Waals surface area contributed by atoms with Crippen LogP contribution >= 0.6 is 0 Å². The van der Waals surface area contributed by atoms with Crippen LogP contribution in [0.15, 0.2) is 18.2 Å². The van der Waals surface area contributed by atoms with Crippen LogP contribution in [0.4, 0.5) is 4.39 Å². The van der Waals surface area contributed by atoms with Crippen molar-refractivity contribution in [3.8, 4) is 5.75 Å². The van der Waals surface area contributed by atoms with Crippen molar-refractivity contribution < 1.29 is 23.0 Å². The van der Waals surface area contributed by atoms with Gasteiger partial charge in [-0.3, -0.25) is 0 Å². The lowest BCUT2D eigenvalue weighted by atomic mass is 10.0. The lowest BCUT2D eigenvalue weighted by molar-refractivity contribution is 0.282. The van der Waals surface area contributed by atoms with Crippen molar-refractivity contribution in [1.82, 2.24) is 5.32 Å². The van der Waals surface area contributed by atoms with E-state index in [4.69, 9.17) is 5.11 Å². The van der Waals surface area contributed by atoms with Gasteiger partial charge in [-0.2, -0.15) is 0 Å². The highest BCUT2D eigenvalue weighted by Crippen LogP contribution is 2.26. The molecule has 1 atom stereocenters. The molecule has 0 aliphatic rings. The van der Waals surface area contributed by atoms with Gasteiger partial charge in [-0.1, -0.05) is 12.1 Å². The number of nitrogens with one attached hydrogen (secondary N) is 1. The van der Waals surface area contributed by atoms with Crippen molar-refractivity contribution in [3.05, 3.63) is 29.6 Å². The molecule has 0 aliphatic heterocycles. The van der Waals surface area contributed by atoms with Gasteiger partial charge in [0.2, 0.25) is 0 Å². The first-order valence-electron chi connectivity index (χ1n) is 5.84. The van der Waals surface area contributed by atoms with Gasteiger partial charge in [0.15, 0.2) is 11.6 Å². The average molecular weight is 291 g/mol. The smallest absolute Gasteiger partial charge is 0.169 e. The number of aromatic hydroxyl groups is 1. The second-order valence-electron chi connectivity index (χ2n) is 4.33. The third kappa shape index (κ3) is 5.14. The molecular weight excluding hydrogens is 273 g/mol. The van der Waals surface area contributed by atoms with E-state index in [9.17, 15) is 17.9 Å². The molecule has 1 aromatic carbocycles. The van der Waals surface area contributed by atoms with E-state index in [1.807, 2.05) is 0 Å². The topological polar surface area (TPSA) is 86.6 Å². The Morgan fingerprint density at radius 1 is 1.42 bits per heavy atom. The van der Waals surface area contributed by atoms with Crippen LogP contribution in [-0.4, -0.2) is 43.8 Å². The molecule has 5 nitrogen and oxygen atoms in total. The monoisotopic (exact) mass is 291 g/mol. The zero-order valence-corrected chi connectivity index (χ0v) is 11.5. The zero-order valence-electron chi connectivity index (χ0n) is 10.6. The molecule has 0 fully saturated rings. The maximum atomic E-state index is 13.8. The second kappa shape index (κ2) is 6.83. The number of hydrogen-bond donors (Lipinski definition) is 3. The number of benzene rings is 1. The fraction of sp³-hybridized carbons (Fsp3) is 0.500. The van der Waals surface area contributed by atoms with Crippen LogP contribution in [0.2, 0.25) is 0 Å². The van der Waals surface area contributed by atoms with Gasteiger partial charge in [-0.25, -0.2) is 12.8 Å². The van der Waals surface area contributed by atoms with Gasteiger partial charge in [0, 0.05) is 24.4 Å². The number of phenols is 1. The van der Waals surface area contributed by atoms with Gasteiger partial charge >= 0.3 is 0 Å². The quantitative estimate of drug-likeness (QED) is 0.684. The molecule has 0 amide bonds. The number of halogens is 1. The maximum absolute atomic E-state index is 13.8. The highest BCUT2D eigenvalue weighted by atomic mass is 32.2. The van der Waals surface area contributed by atoms with Crippen molar-refractivity contribution in [1.29, 1.82) is 0 Å². The molecule has 1 unspecified atom stereocenters. The lowest BCUT2D eigenvalue weighted by Crippen LogP contribution is -2.27. The van der Waals surface area contributed by atoms with Crippen molar-refractivity contribution in [2.24, 2.45) is 0 Å². The highest BCUT2D eigenvalue weighted by Gasteiger charge is 2.19. The Balaban J connectivity index is 2.92. The van der Waals surface area contributed by atoms with E-state index in [-0.39, 0.29) is 30.9 Å². The van der Waals surface area contributed by atoms with Crippen LogP contribution in [0, 0.1) is 5.82 Å². The van der Waals surface area contributed by atoms with Gasteiger partial charge in [0.05, 0.1) is 12.4 Å². The SMILES string of the molecule is CS(=O)(=O)CCC(NCCO)c1cccc(O)c1F. The molecule has 19 heavy (non-hydrogen) atoms. The molecule has 0 saturated heterocycles. The van der Waals surface area contributed by atoms with Gasteiger partial charge in [-0.05, 0) is 12.5 Å². The fourth-order valence-electron chi connectivity index (χ4n) is 1.74. The van der Waals surface area contributed by atoms with Crippen LogP contribution in [0.1, 0.15) is 18.0 Å². The summed E-state index contributed by atoms with van der Waals surface area (Å²) >= 11 is 0. The Bertz CT molecular complexity index is 518. The molecule has 7 heteroatoms. The van der Waals surface area contributed by atoms with E-state index in [0.717, 1.165) is 6.26 Å². The molecule has 0 aliphatic carbocycles. The Kier molecular flexibility index (Phi) is 5.71. The van der Waals surface area contributed by atoms with Crippen molar-refractivity contribution in [2.75, 3.05) is 25.2 Å². The summed E-state index contributed by atoms with van der Waals surface area (Å²) in [6, 6.07) is 3.61. The standard InChI is InChI=1S/C12H18FNO4S/c1-19(17,18)8-5-10(14-6-7-15)9-3-2-4-11(16)12(9)13/h2-4,10,14-16H,5-8H2,1H3. The molecule has 0 aromatic heterocycles. The Morgan fingerprint density at radius 3 is 2.68 bits per heavy atom. The van der Waals surface area contributed by atoms with Gasteiger partial charge in [-0.15, -0.1) is 0 Å². The summed E-state index contributed by atoms with van der Waals surface area (Å²) in [6.07, 6.45) is 1.27. The summed E-state index contributed by atoms with van der Waals surface area (Å²) in [5.74, 6) is -1.36. The molecule has 0 radical (unpaired) electrons. The molecule has 0 saturated carbocycles. The average Bonchev–Trinajstić information content (AvgIpc) is 2.32. The lowest BCUT2D eigenvalue weighted by Gasteiger charge is -2.19. The molecule has 0 spiro atoms. The van der Waals surface area contributed by atoms with E-state index >= 15 is 0 Å². The summed E-state index contributed by atoms with van der Waals surface area (Å²) in [5, 5.41) is 21.0. The molecule has 108 valence electrons. The predicted molar refractivity (Wildman–Crippen MR) is 70.2 cm³/mol. The van der Waals surface area contributed by atoms with Crippen molar-refractivity contribution >= 4 is 9.84 Å². The molecule has 0 heterocycles. The van der Waals surface area contributed by atoms with Gasteiger partial charge < -0.3 is 15.5 Å². The van der Waals surface area contributed by atoms with Crippen molar-refractivity contribution in [3.63, 3.8) is 0 Å². The second-order valence-corrected chi connectivity index (χ2v) is 6.59. The Morgan fingerprint density at radius 2 is 2.11 bits per heavy atom. The first-order chi connectivity index (χ1) is 8.85. The molecule has 3 N–H and O–H groups in total. The fourth-order valence-corrected chi connectivity index (χ4v) is 2.41. The van der Waals surface area contributed by atoms with Crippen LogP contribution < -0.4 is 5.32 Å². The third-order valence-electron chi connectivity index (χ3n) is 2.66. The zero-order chi connectivity index (χ0) is 14.5. The minimum Gasteiger partial charge on any atom is -0.505 e. The van der Waals surface area contributed by atoms with E-state index < -0.39 is 27.4 Å². The summed E-state index contributed by atoms with van der Waals surface area (Å²) in [6.45, 7) is 0.0688. The first-order valence-corrected chi connectivity index (χ1v) is 7.90. The Hall–Kier alpha value is -1.18. The number of phenolic OH excluding ortho intramolecular Hbond substituents is 1. The van der Waals surface area contributed by atoms with Crippen molar-refractivity contribution in [2.45, 2.75) is 12.5 Å². The number of aliphatic hydroxyl groups is 1. The normalized spacial score (nSPS) is 13.4. The molecule has 0 bridgehead atoms. The minimum atomic E-state index is -3.16. The van der Waals surface area contributed by atoms with Gasteiger partial charge in [0.1, 0.15) is 9.84 Å². The van der Waals surface area contributed by atoms with E-state index in [1.54, 1.807) is 0 Å². The summed E-state index contributed by atoms with van der Waals surface area (Å²) < 4.78 is 36.1. The first kappa shape index (κ1) is 15.9. The van der Waals surface area contributed by atoms with E-state index in [1.165, 1.54) is 18.2 Å². The number of hydrogen-bond acceptors (Lipinski definition) is 5. The Labute approximate surface area is 112 Å². The maximum Gasteiger partial charge on any atom is 0.169 e. The minimum absolute atomic E-state index is 0.106. The van der Waals surface area contributed by atoms with E-state index in [2.05, 4.69) is 5.32 Å². The molecule has 1 aromatic rings. The highest BCUT2D eigenvalue weighted by molar-refractivity contribution is 7.90. The number of sulfone groups is 1. The van der Waals surface area contributed by atoms with Crippen LogP contribution in [0.25, 0.3) is 0 Å². The predicted octanol–water partition coefficient (Wildman–Crippen LogP) is 0.589. The summed E-state index contributed by atoms with van der Waals surface area (Å²) in [4.78, 5) is 0. The largest absolute Gasteiger partial charge is 0.505 e. The summed E-state index contributed by atoms with van der Waals surface area (Å²) in [5.41, 5.74) is 0.192. The molecule has 1 rings (SSSR count).